The van der Waals surface area contributed by atoms with Crippen molar-refractivity contribution >= 4 is 22.0 Å². The third-order valence-corrected chi connectivity index (χ3v) is 5.28. The Kier molecular flexibility index (Phi) is 5.54. The second-order valence-corrected chi connectivity index (χ2v) is 9.21. The molecule has 0 unspecified atom stereocenters. The maximum absolute atomic E-state index is 12.6. The maximum Gasteiger partial charge on any atom is 0.410 e. The quantitative estimate of drug-likeness (QED) is 0.716. The highest BCUT2D eigenvalue weighted by Crippen LogP contribution is 2.45. The molecule has 1 saturated heterocycles. The van der Waals surface area contributed by atoms with Gasteiger partial charge in [0.15, 0.2) is 0 Å². The summed E-state index contributed by atoms with van der Waals surface area (Å²) in [5, 5.41) is 0. The molecular weight excluding hydrogens is 396 g/mol. The number of ether oxygens (including phenoxy) is 2. The van der Waals surface area contributed by atoms with Gasteiger partial charge in [-0.25, -0.2) is 4.79 Å². The van der Waals surface area contributed by atoms with E-state index in [1.54, 1.807) is 0 Å². The van der Waals surface area contributed by atoms with E-state index in [0.717, 1.165) is 49.2 Å². The lowest BCUT2D eigenvalue weighted by molar-refractivity contribution is -0.00808. The van der Waals surface area contributed by atoms with Gasteiger partial charge in [0.25, 0.3) is 0 Å². The molecule has 1 aromatic rings. The van der Waals surface area contributed by atoms with E-state index < -0.39 is 5.60 Å². The molecule has 2 aliphatic rings. The first kappa shape index (κ1) is 19.5. The molecule has 5 nitrogen and oxygen atoms in total. The molecule has 0 aromatic heterocycles. The Morgan fingerprint density at radius 1 is 1.23 bits per heavy atom. The topological polar surface area (TPSA) is 42.0 Å². The number of rotatable bonds is 4. The fourth-order valence-electron chi connectivity index (χ4n) is 3.59. The Morgan fingerprint density at radius 2 is 1.96 bits per heavy atom. The minimum atomic E-state index is -0.448. The normalized spacial score (nSPS) is 19.5. The fourth-order valence-corrected chi connectivity index (χ4v) is 4.11. The van der Waals surface area contributed by atoms with Gasteiger partial charge in [-0.15, -0.1) is 0 Å². The first-order valence-corrected chi connectivity index (χ1v) is 10.2. The minimum Gasteiger partial charge on any atom is -0.494 e. The molecule has 1 spiro atoms. The number of amides is 1. The Bertz CT molecular complexity index is 668. The molecule has 1 aliphatic carbocycles. The van der Waals surface area contributed by atoms with Gasteiger partial charge >= 0.3 is 6.09 Å². The van der Waals surface area contributed by atoms with Crippen LogP contribution in [-0.4, -0.2) is 53.3 Å². The van der Waals surface area contributed by atoms with Crippen LogP contribution in [0.5, 0.6) is 5.75 Å². The van der Waals surface area contributed by atoms with E-state index in [2.05, 4.69) is 33.0 Å². The molecule has 26 heavy (non-hydrogen) atoms. The molecule has 2 fully saturated rings. The molecule has 1 aliphatic heterocycles. The lowest BCUT2D eigenvalue weighted by Crippen LogP contribution is -2.57. The van der Waals surface area contributed by atoms with E-state index in [1.165, 1.54) is 5.56 Å². The summed E-state index contributed by atoms with van der Waals surface area (Å²) < 4.78 is 12.3. The second kappa shape index (κ2) is 7.39. The van der Waals surface area contributed by atoms with E-state index in [0.29, 0.717) is 6.61 Å². The van der Waals surface area contributed by atoms with E-state index in [9.17, 15) is 4.79 Å². The number of piperazine rings is 1. The fraction of sp³-hybridized carbons (Fsp3) is 0.650. The predicted octanol–water partition coefficient (Wildman–Crippen LogP) is 4.43. The van der Waals surface area contributed by atoms with Gasteiger partial charge in [0.05, 0.1) is 12.1 Å². The number of hydrogen-bond donors (Lipinski definition) is 0. The Balaban J connectivity index is 1.65. The van der Waals surface area contributed by atoms with Crippen molar-refractivity contribution < 1.29 is 14.3 Å². The van der Waals surface area contributed by atoms with Crippen LogP contribution >= 0.6 is 15.9 Å². The second-order valence-electron chi connectivity index (χ2n) is 8.30. The van der Waals surface area contributed by atoms with Gasteiger partial charge in [0.2, 0.25) is 0 Å². The number of halogens is 1. The van der Waals surface area contributed by atoms with Crippen LogP contribution in [0.25, 0.3) is 0 Å². The predicted molar refractivity (Wildman–Crippen MR) is 105 cm³/mol. The lowest BCUT2D eigenvalue weighted by atomic mass is 10.1. The van der Waals surface area contributed by atoms with Crippen LogP contribution in [0.15, 0.2) is 22.7 Å². The van der Waals surface area contributed by atoms with Crippen molar-refractivity contribution in [3.05, 3.63) is 28.2 Å². The van der Waals surface area contributed by atoms with E-state index >= 15 is 0 Å². The average molecular weight is 425 g/mol. The van der Waals surface area contributed by atoms with Crippen LogP contribution < -0.4 is 4.74 Å². The third-order valence-electron chi connectivity index (χ3n) is 4.82. The maximum atomic E-state index is 12.6. The Labute approximate surface area is 164 Å². The zero-order valence-corrected chi connectivity index (χ0v) is 17.8. The molecule has 0 bridgehead atoms. The molecule has 0 N–H and O–H groups in total. The summed E-state index contributed by atoms with van der Waals surface area (Å²) in [7, 11) is 0. The highest BCUT2D eigenvalue weighted by atomic mass is 79.9. The molecule has 1 amide bonds. The van der Waals surface area contributed by atoms with Crippen LogP contribution in [0.4, 0.5) is 4.79 Å². The van der Waals surface area contributed by atoms with Gasteiger partial charge in [-0.3, -0.25) is 9.80 Å². The lowest BCUT2D eigenvalue weighted by Gasteiger charge is -2.42. The largest absolute Gasteiger partial charge is 0.494 e. The Hall–Kier alpha value is -1.27. The molecular formula is C20H29BrN2O3. The van der Waals surface area contributed by atoms with Crippen molar-refractivity contribution in [3.63, 3.8) is 0 Å². The van der Waals surface area contributed by atoms with Crippen molar-refractivity contribution in [3.8, 4) is 5.75 Å². The third kappa shape index (κ3) is 4.71. The van der Waals surface area contributed by atoms with Crippen LogP contribution in [0.3, 0.4) is 0 Å². The summed E-state index contributed by atoms with van der Waals surface area (Å²) in [5.74, 6) is 0.894. The van der Waals surface area contributed by atoms with Crippen molar-refractivity contribution in [2.24, 2.45) is 0 Å². The number of carbonyl (C=O) groups is 1. The van der Waals surface area contributed by atoms with Crippen molar-refractivity contribution in [2.45, 2.75) is 58.2 Å². The van der Waals surface area contributed by atoms with Crippen molar-refractivity contribution in [2.75, 3.05) is 26.2 Å². The summed E-state index contributed by atoms with van der Waals surface area (Å²) >= 11 is 3.57. The summed E-state index contributed by atoms with van der Waals surface area (Å²) in [4.78, 5) is 17.0. The smallest absolute Gasteiger partial charge is 0.410 e. The summed E-state index contributed by atoms with van der Waals surface area (Å²) in [5.41, 5.74) is 0.746. The number of hydrogen-bond acceptors (Lipinski definition) is 4. The van der Waals surface area contributed by atoms with Crippen molar-refractivity contribution in [1.82, 2.24) is 9.80 Å². The molecule has 144 valence electrons. The van der Waals surface area contributed by atoms with Crippen LogP contribution in [-0.2, 0) is 11.3 Å². The Morgan fingerprint density at radius 3 is 2.58 bits per heavy atom. The van der Waals surface area contributed by atoms with E-state index in [-0.39, 0.29) is 11.6 Å². The highest BCUT2D eigenvalue weighted by Gasteiger charge is 2.54. The van der Waals surface area contributed by atoms with Crippen molar-refractivity contribution in [1.29, 1.82) is 0 Å². The minimum absolute atomic E-state index is 0.0324. The van der Waals surface area contributed by atoms with E-state index in [1.807, 2.05) is 38.7 Å². The summed E-state index contributed by atoms with van der Waals surface area (Å²) in [6.07, 6.45) is 1.95. The van der Waals surface area contributed by atoms with Crippen LogP contribution in [0.1, 0.15) is 46.1 Å². The highest BCUT2D eigenvalue weighted by molar-refractivity contribution is 9.10. The molecule has 6 heteroatoms. The molecule has 3 rings (SSSR count). The van der Waals surface area contributed by atoms with Gasteiger partial charge in [-0.05, 0) is 64.3 Å². The molecule has 1 aromatic carbocycles. The number of carbonyl (C=O) groups excluding carboxylic acids is 1. The first-order chi connectivity index (χ1) is 12.2. The number of benzene rings is 1. The standard InChI is InChI=1S/C20H29BrN2O3/c1-5-25-17-11-15(10-16(21)12-17)13-22-8-9-23(20(14-22)6-7-20)18(24)26-19(2,3)4/h10-12H,5-9,13-14H2,1-4H3. The van der Waals surface area contributed by atoms with Gasteiger partial charge < -0.3 is 9.47 Å². The zero-order valence-electron chi connectivity index (χ0n) is 16.2. The van der Waals surface area contributed by atoms with Crippen LogP contribution in [0.2, 0.25) is 0 Å². The molecule has 1 saturated carbocycles. The number of nitrogens with zero attached hydrogens (tertiary/aromatic N) is 2. The first-order valence-electron chi connectivity index (χ1n) is 9.36. The molecule has 0 radical (unpaired) electrons. The molecule has 1 heterocycles. The monoisotopic (exact) mass is 424 g/mol. The molecule has 0 atom stereocenters. The van der Waals surface area contributed by atoms with E-state index in [4.69, 9.17) is 9.47 Å². The van der Waals surface area contributed by atoms with Crippen LogP contribution in [0, 0.1) is 0 Å². The van der Waals surface area contributed by atoms with Gasteiger partial charge in [-0.2, -0.15) is 0 Å². The van der Waals surface area contributed by atoms with Gasteiger partial charge in [-0.1, -0.05) is 15.9 Å². The SMILES string of the molecule is CCOc1cc(Br)cc(CN2CCN(C(=O)OC(C)(C)C)C3(CC3)C2)c1. The summed E-state index contributed by atoms with van der Waals surface area (Å²) in [6.45, 7) is 11.8. The average Bonchev–Trinajstić information content (AvgIpc) is 3.24. The zero-order chi connectivity index (χ0) is 18.9. The van der Waals surface area contributed by atoms with Gasteiger partial charge in [0.1, 0.15) is 11.4 Å². The summed E-state index contributed by atoms with van der Waals surface area (Å²) in [6, 6.07) is 6.24. The van der Waals surface area contributed by atoms with Gasteiger partial charge in [0, 0.05) is 30.7 Å².